The number of rotatable bonds is 5. The molecule has 0 aliphatic heterocycles. The molecule has 4 aromatic rings. The minimum absolute atomic E-state index is 0.0852. The van der Waals surface area contributed by atoms with E-state index in [0.29, 0.717) is 16.9 Å². The van der Waals surface area contributed by atoms with Crippen molar-refractivity contribution in [2.24, 2.45) is 0 Å². The number of ether oxygens (including phenoxy) is 1. The molecule has 1 heterocycles. The predicted octanol–water partition coefficient (Wildman–Crippen LogP) is 4.72. The van der Waals surface area contributed by atoms with E-state index in [4.69, 9.17) is 9.15 Å². The van der Waals surface area contributed by atoms with Gasteiger partial charge in [-0.1, -0.05) is 60.7 Å². The molecule has 27 heavy (non-hydrogen) atoms. The van der Waals surface area contributed by atoms with Crippen molar-refractivity contribution in [3.63, 3.8) is 0 Å². The molecule has 0 bridgehead atoms. The topological polar surface area (TPSA) is 56.5 Å². The normalized spacial score (nSPS) is 10.7. The van der Waals surface area contributed by atoms with Gasteiger partial charge >= 0.3 is 5.63 Å². The quantitative estimate of drug-likeness (QED) is 0.383. The fourth-order valence-corrected chi connectivity index (χ4v) is 2.95. The van der Waals surface area contributed by atoms with Crippen molar-refractivity contribution in [2.75, 3.05) is 6.61 Å². The van der Waals surface area contributed by atoms with Gasteiger partial charge in [-0.05, 0) is 23.3 Å². The molecule has 0 saturated carbocycles. The SMILES string of the molecule is O=C(COc1ccc2c(-c3ccccc3)cc(=O)oc2c1)c1ccccc1. The van der Waals surface area contributed by atoms with Crippen LogP contribution in [-0.2, 0) is 0 Å². The highest BCUT2D eigenvalue weighted by molar-refractivity contribution is 5.97. The number of Topliss-reactive ketones (excluding diaryl/α,β-unsaturated/α-hetero) is 1. The first-order valence-electron chi connectivity index (χ1n) is 8.55. The van der Waals surface area contributed by atoms with Gasteiger partial charge in [-0.15, -0.1) is 0 Å². The summed E-state index contributed by atoms with van der Waals surface area (Å²) in [7, 11) is 0. The van der Waals surface area contributed by atoms with E-state index in [9.17, 15) is 9.59 Å². The Morgan fingerprint density at radius 2 is 1.56 bits per heavy atom. The number of hydrogen-bond donors (Lipinski definition) is 0. The van der Waals surface area contributed by atoms with Crippen LogP contribution in [0.2, 0.25) is 0 Å². The van der Waals surface area contributed by atoms with Crippen LogP contribution in [-0.4, -0.2) is 12.4 Å². The van der Waals surface area contributed by atoms with Gasteiger partial charge in [0, 0.05) is 23.1 Å². The fourth-order valence-electron chi connectivity index (χ4n) is 2.95. The molecular formula is C23H16O4. The van der Waals surface area contributed by atoms with Crippen LogP contribution in [0.3, 0.4) is 0 Å². The summed E-state index contributed by atoms with van der Waals surface area (Å²) >= 11 is 0. The van der Waals surface area contributed by atoms with Gasteiger partial charge in [0.2, 0.25) is 0 Å². The molecule has 0 fully saturated rings. The van der Waals surface area contributed by atoms with E-state index in [1.807, 2.05) is 54.6 Å². The number of carbonyl (C=O) groups excluding carboxylic acids is 1. The van der Waals surface area contributed by atoms with Crippen molar-refractivity contribution >= 4 is 16.8 Å². The van der Waals surface area contributed by atoms with Gasteiger partial charge in [0.15, 0.2) is 12.4 Å². The zero-order valence-electron chi connectivity index (χ0n) is 14.4. The molecule has 0 radical (unpaired) electrons. The summed E-state index contributed by atoms with van der Waals surface area (Å²) in [5.74, 6) is 0.357. The summed E-state index contributed by atoms with van der Waals surface area (Å²) in [4.78, 5) is 24.2. The third-order valence-electron chi connectivity index (χ3n) is 4.27. The molecule has 3 aromatic carbocycles. The van der Waals surface area contributed by atoms with Gasteiger partial charge in [-0.2, -0.15) is 0 Å². The molecule has 132 valence electrons. The standard InChI is InChI=1S/C23H16O4/c24-21(17-9-5-2-6-10-17)15-26-18-11-12-19-20(16-7-3-1-4-8-16)14-23(25)27-22(19)13-18/h1-14H,15H2. The average Bonchev–Trinajstić information content (AvgIpc) is 2.72. The Labute approximate surface area is 155 Å². The lowest BCUT2D eigenvalue weighted by atomic mass is 10.0. The molecule has 0 aliphatic rings. The smallest absolute Gasteiger partial charge is 0.336 e. The van der Waals surface area contributed by atoms with Crippen LogP contribution in [0.4, 0.5) is 0 Å². The Morgan fingerprint density at radius 1 is 0.852 bits per heavy atom. The highest BCUT2D eigenvalue weighted by Crippen LogP contribution is 2.29. The van der Waals surface area contributed by atoms with Gasteiger partial charge < -0.3 is 9.15 Å². The van der Waals surface area contributed by atoms with E-state index in [1.165, 1.54) is 6.07 Å². The summed E-state index contributed by atoms with van der Waals surface area (Å²) in [5.41, 5.74) is 2.32. The minimum Gasteiger partial charge on any atom is -0.485 e. The molecule has 0 amide bonds. The highest BCUT2D eigenvalue weighted by Gasteiger charge is 2.10. The van der Waals surface area contributed by atoms with Crippen molar-refractivity contribution in [2.45, 2.75) is 0 Å². The second-order valence-corrected chi connectivity index (χ2v) is 6.08. The largest absolute Gasteiger partial charge is 0.485 e. The summed E-state index contributed by atoms with van der Waals surface area (Å²) in [6.07, 6.45) is 0. The van der Waals surface area contributed by atoms with Crippen molar-refractivity contribution in [1.82, 2.24) is 0 Å². The van der Waals surface area contributed by atoms with Gasteiger partial charge in [-0.3, -0.25) is 4.79 Å². The van der Waals surface area contributed by atoms with Crippen molar-refractivity contribution in [3.05, 3.63) is 101 Å². The first-order chi connectivity index (χ1) is 13.2. The Morgan fingerprint density at radius 3 is 2.30 bits per heavy atom. The lowest BCUT2D eigenvalue weighted by Gasteiger charge is -2.09. The molecule has 0 atom stereocenters. The molecule has 0 N–H and O–H groups in total. The number of carbonyl (C=O) groups is 1. The van der Waals surface area contributed by atoms with Gasteiger partial charge in [0.1, 0.15) is 11.3 Å². The van der Waals surface area contributed by atoms with E-state index in [1.54, 1.807) is 24.3 Å². The Balaban J connectivity index is 1.63. The Kier molecular flexibility index (Phi) is 4.54. The predicted molar refractivity (Wildman–Crippen MR) is 104 cm³/mol. The third-order valence-corrected chi connectivity index (χ3v) is 4.27. The number of benzene rings is 3. The van der Waals surface area contributed by atoms with Crippen LogP contribution in [0.15, 0.2) is 94.1 Å². The van der Waals surface area contributed by atoms with Crippen LogP contribution in [0.5, 0.6) is 5.75 Å². The van der Waals surface area contributed by atoms with Crippen molar-refractivity contribution in [3.8, 4) is 16.9 Å². The van der Waals surface area contributed by atoms with Crippen LogP contribution < -0.4 is 10.4 Å². The molecule has 0 aliphatic carbocycles. The molecule has 0 saturated heterocycles. The first kappa shape index (κ1) is 16.8. The van der Waals surface area contributed by atoms with Gasteiger partial charge in [0.25, 0.3) is 0 Å². The maximum absolute atomic E-state index is 12.2. The van der Waals surface area contributed by atoms with Crippen molar-refractivity contribution < 1.29 is 13.9 Å². The fraction of sp³-hybridized carbons (Fsp3) is 0.0435. The van der Waals surface area contributed by atoms with E-state index in [2.05, 4.69) is 0 Å². The molecule has 4 heteroatoms. The number of ketones is 1. The van der Waals surface area contributed by atoms with Gasteiger partial charge in [-0.25, -0.2) is 4.79 Å². The monoisotopic (exact) mass is 356 g/mol. The number of hydrogen-bond acceptors (Lipinski definition) is 4. The summed E-state index contributed by atoms with van der Waals surface area (Å²) in [5, 5.41) is 0.808. The molecule has 4 rings (SSSR count). The van der Waals surface area contributed by atoms with Crippen LogP contribution in [0.1, 0.15) is 10.4 Å². The van der Waals surface area contributed by atoms with E-state index >= 15 is 0 Å². The first-order valence-corrected chi connectivity index (χ1v) is 8.55. The maximum atomic E-state index is 12.2. The zero-order valence-corrected chi connectivity index (χ0v) is 14.4. The highest BCUT2D eigenvalue weighted by atomic mass is 16.5. The van der Waals surface area contributed by atoms with Crippen LogP contribution >= 0.6 is 0 Å². The number of fused-ring (bicyclic) bond motifs is 1. The summed E-state index contributed by atoms with van der Waals surface area (Å²) in [6.45, 7) is -0.0852. The summed E-state index contributed by atoms with van der Waals surface area (Å²) < 4.78 is 10.9. The molecular weight excluding hydrogens is 340 g/mol. The molecule has 4 nitrogen and oxygen atoms in total. The molecule has 0 spiro atoms. The Hall–Kier alpha value is -3.66. The van der Waals surface area contributed by atoms with Crippen LogP contribution in [0, 0.1) is 0 Å². The minimum atomic E-state index is -0.432. The zero-order chi connectivity index (χ0) is 18.6. The van der Waals surface area contributed by atoms with Gasteiger partial charge in [0.05, 0.1) is 0 Å². The average molecular weight is 356 g/mol. The molecule has 0 unspecified atom stereocenters. The third kappa shape index (κ3) is 3.65. The second kappa shape index (κ2) is 7.30. The van der Waals surface area contributed by atoms with E-state index in [0.717, 1.165) is 16.5 Å². The van der Waals surface area contributed by atoms with E-state index in [-0.39, 0.29) is 12.4 Å². The maximum Gasteiger partial charge on any atom is 0.336 e. The second-order valence-electron chi connectivity index (χ2n) is 6.08. The molecule has 1 aromatic heterocycles. The van der Waals surface area contributed by atoms with Crippen molar-refractivity contribution in [1.29, 1.82) is 0 Å². The van der Waals surface area contributed by atoms with E-state index < -0.39 is 5.63 Å². The summed E-state index contributed by atoms with van der Waals surface area (Å²) in [6, 6.07) is 25.3. The Bertz CT molecular complexity index is 1150. The lowest BCUT2D eigenvalue weighted by molar-refractivity contribution is 0.0921. The lowest BCUT2D eigenvalue weighted by Crippen LogP contribution is -2.11. The van der Waals surface area contributed by atoms with Crippen LogP contribution in [0.25, 0.3) is 22.1 Å².